The molecule has 0 atom stereocenters. The van der Waals surface area contributed by atoms with Crippen LogP contribution in [0.1, 0.15) is 5.76 Å². The number of methoxy groups -OCH3 is 1. The van der Waals surface area contributed by atoms with Gasteiger partial charge in [0.25, 0.3) is 5.91 Å². The lowest BCUT2D eigenvalue weighted by atomic mass is 10.2. The molecule has 1 heterocycles. The number of anilines is 1. The quantitative estimate of drug-likeness (QED) is 0.677. The van der Waals surface area contributed by atoms with E-state index in [4.69, 9.17) is 14.4 Å². The van der Waals surface area contributed by atoms with Crippen LogP contribution >= 0.6 is 15.9 Å². The molecule has 0 saturated carbocycles. The van der Waals surface area contributed by atoms with Gasteiger partial charge >= 0.3 is 0 Å². The number of nitrogens with zero attached hydrogens (tertiary/aromatic N) is 1. The Morgan fingerprint density at radius 1 is 1.43 bits per heavy atom. The predicted molar refractivity (Wildman–Crippen MR) is 81.6 cm³/mol. The standard InChI is InChI=1S/C15H11BrN2O3/c1-20-12-4-2-3-11(8-12)18-15(19)10(9-17)7-13-5-6-14(16)21-13/h2-8H,1H3,(H,18,19)/b10-7+. The van der Waals surface area contributed by atoms with E-state index in [0.717, 1.165) is 0 Å². The summed E-state index contributed by atoms with van der Waals surface area (Å²) in [7, 11) is 1.54. The third-order valence-electron chi connectivity index (χ3n) is 2.57. The highest BCUT2D eigenvalue weighted by atomic mass is 79.9. The summed E-state index contributed by atoms with van der Waals surface area (Å²) >= 11 is 3.16. The Morgan fingerprint density at radius 3 is 2.86 bits per heavy atom. The largest absolute Gasteiger partial charge is 0.497 e. The van der Waals surface area contributed by atoms with Crippen molar-refractivity contribution in [3.8, 4) is 11.8 Å². The molecule has 0 aliphatic carbocycles. The number of furan rings is 1. The fourth-order valence-corrected chi connectivity index (χ4v) is 1.92. The number of carbonyl (C=O) groups excluding carboxylic acids is 1. The van der Waals surface area contributed by atoms with Crippen LogP contribution in [0.25, 0.3) is 6.08 Å². The Hall–Kier alpha value is -2.52. The van der Waals surface area contributed by atoms with E-state index in [9.17, 15) is 4.79 Å². The first-order chi connectivity index (χ1) is 10.1. The van der Waals surface area contributed by atoms with Crippen LogP contribution in [0.3, 0.4) is 0 Å². The first-order valence-electron chi connectivity index (χ1n) is 5.95. The van der Waals surface area contributed by atoms with Gasteiger partial charge in [-0.05, 0) is 40.2 Å². The van der Waals surface area contributed by atoms with Gasteiger partial charge in [-0.2, -0.15) is 5.26 Å². The van der Waals surface area contributed by atoms with Crippen LogP contribution in [-0.4, -0.2) is 13.0 Å². The third kappa shape index (κ3) is 3.97. The van der Waals surface area contributed by atoms with Crippen molar-refractivity contribution in [3.63, 3.8) is 0 Å². The highest BCUT2D eigenvalue weighted by Gasteiger charge is 2.11. The number of carbonyl (C=O) groups is 1. The molecule has 21 heavy (non-hydrogen) atoms. The van der Waals surface area contributed by atoms with Crippen molar-refractivity contribution >= 4 is 33.6 Å². The molecule has 5 nitrogen and oxygen atoms in total. The van der Waals surface area contributed by atoms with Gasteiger partial charge in [-0.3, -0.25) is 4.79 Å². The molecule has 6 heteroatoms. The SMILES string of the molecule is COc1cccc(NC(=O)/C(C#N)=C/c2ccc(Br)o2)c1. The fourth-order valence-electron chi connectivity index (χ4n) is 1.60. The Morgan fingerprint density at radius 2 is 2.24 bits per heavy atom. The smallest absolute Gasteiger partial charge is 0.266 e. The first-order valence-corrected chi connectivity index (χ1v) is 6.74. The maximum Gasteiger partial charge on any atom is 0.266 e. The third-order valence-corrected chi connectivity index (χ3v) is 3.00. The lowest BCUT2D eigenvalue weighted by molar-refractivity contribution is -0.112. The van der Waals surface area contributed by atoms with Crippen molar-refractivity contribution < 1.29 is 13.9 Å². The molecule has 0 bridgehead atoms. The molecule has 1 aromatic carbocycles. The molecular weight excluding hydrogens is 336 g/mol. The Balaban J connectivity index is 2.17. The Kier molecular flexibility index (Phi) is 4.80. The van der Waals surface area contributed by atoms with Gasteiger partial charge in [-0.25, -0.2) is 0 Å². The second-order valence-corrected chi connectivity index (χ2v) is 4.78. The van der Waals surface area contributed by atoms with Gasteiger partial charge in [0.15, 0.2) is 4.67 Å². The maximum absolute atomic E-state index is 12.1. The predicted octanol–water partition coefficient (Wildman–Crippen LogP) is 3.60. The molecule has 0 radical (unpaired) electrons. The number of nitriles is 1. The van der Waals surface area contributed by atoms with Crippen LogP contribution < -0.4 is 10.1 Å². The molecule has 0 unspecified atom stereocenters. The van der Waals surface area contributed by atoms with Crippen molar-refractivity contribution in [2.45, 2.75) is 0 Å². The van der Waals surface area contributed by atoms with E-state index in [-0.39, 0.29) is 5.57 Å². The van der Waals surface area contributed by atoms with Gasteiger partial charge in [-0.15, -0.1) is 0 Å². The van der Waals surface area contributed by atoms with Gasteiger partial charge < -0.3 is 14.5 Å². The van der Waals surface area contributed by atoms with Crippen molar-refractivity contribution in [3.05, 3.63) is 52.4 Å². The summed E-state index contributed by atoms with van der Waals surface area (Å²) in [5.41, 5.74) is 0.487. The van der Waals surface area contributed by atoms with Crippen molar-refractivity contribution in [2.24, 2.45) is 0 Å². The van der Waals surface area contributed by atoms with Gasteiger partial charge in [0.1, 0.15) is 23.2 Å². The highest BCUT2D eigenvalue weighted by molar-refractivity contribution is 9.10. The minimum absolute atomic E-state index is 0.0559. The molecule has 2 aromatic rings. The summed E-state index contributed by atoms with van der Waals surface area (Å²) in [5.74, 6) is 0.516. The zero-order valence-electron chi connectivity index (χ0n) is 11.1. The number of benzene rings is 1. The first kappa shape index (κ1) is 14.9. The zero-order chi connectivity index (χ0) is 15.2. The minimum atomic E-state index is -0.515. The fraction of sp³-hybridized carbons (Fsp3) is 0.0667. The molecular formula is C15H11BrN2O3. The van der Waals surface area contributed by atoms with E-state index in [1.54, 1.807) is 36.4 Å². The molecule has 0 fully saturated rings. The molecule has 2 rings (SSSR count). The van der Waals surface area contributed by atoms with E-state index in [1.807, 2.05) is 6.07 Å². The van der Waals surface area contributed by atoms with Crippen LogP contribution in [-0.2, 0) is 4.79 Å². The number of hydrogen-bond acceptors (Lipinski definition) is 4. The molecule has 1 N–H and O–H groups in total. The van der Waals surface area contributed by atoms with Crippen molar-refractivity contribution in [1.29, 1.82) is 5.26 Å². The minimum Gasteiger partial charge on any atom is -0.497 e. The number of halogens is 1. The van der Waals surface area contributed by atoms with E-state index < -0.39 is 5.91 Å². The van der Waals surface area contributed by atoms with E-state index in [1.165, 1.54) is 13.2 Å². The number of amides is 1. The van der Waals surface area contributed by atoms with E-state index in [0.29, 0.717) is 21.9 Å². The molecule has 106 valence electrons. The second-order valence-electron chi connectivity index (χ2n) is 4.00. The summed E-state index contributed by atoms with van der Waals surface area (Å²) in [6.45, 7) is 0. The topological polar surface area (TPSA) is 75.3 Å². The summed E-state index contributed by atoms with van der Waals surface area (Å²) in [5, 5.41) is 11.7. The lowest BCUT2D eigenvalue weighted by Crippen LogP contribution is -2.13. The van der Waals surface area contributed by atoms with Crippen LogP contribution in [0.15, 0.2) is 51.1 Å². The molecule has 0 saturated heterocycles. The summed E-state index contributed by atoms with van der Waals surface area (Å²) in [6.07, 6.45) is 1.38. The lowest BCUT2D eigenvalue weighted by Gasteiger charge is -2.06. The van der Waals surface area contributed by atoms with Gasteiger partial charge in [0, 0.05) is 17.8 Å². The van der Waals surface area contributed by atoms with Gasteiger partial charge in [0.05, 0.1) is 7.11 Å². The highest BCUT2D eigenvalue weighted by Crippen LogP contribution is 2.19. The average Bonchev–Trinajstić information content (AvgIpc) is 2.90. The Bertz CT molecular complexity index is 729. The van der Waals surface area contributed by atoms with Gasteiger partial charge in [0.2, 0.25) is 0 Å². The molecule has 0 aliphatic rings. The van der Waals surface area contributed by atoms with Crippen molar-refractivity contribution in [1.82, 2.24) is 0 Å². The molecule has 1 amide bonds. The van der Waals surface area contributed by atoms with Crippen molar-refractivity contribution in [2.75, 3.05) is 12.4 Å². The number of rotatable bonds is 4. The monoisotopic (exact) mass is 346 g/mol. The van der Waals surface area contributed by atoms with Crippen LogP contribution in [0, 0.1) is 11.3 Å². The van der Waals surface area contributed by atoms with Crippen LogP contribution in [0.2, 0.25) is 0 Å². The summed E-state index contributed by atoms with van der Waals surface area (Å²) in [6, 6.07) is 12.1. The number of nitrogens with one attached hydrogen (secondary N) is 1. The van der Waals surface area contributed by atoms with E-state index >= 15 is 0 Å². The zero-order valence-corrected chi connectivity index (χ0v) is 12.7. The van der Waals surface area contributed by atoms with Crippen LogP contribution in [0.5, 0.6) is 5.75 Å². The average molecular weight is 347 g/mol. The summed E-state index contributed by atoms with van der Waals surface area (Å²) in [4.78, 5) is 12.1. The maximum atomic E-state index is 12.1. The molecule has 1 aromatic heterocycles. The second kappa shape index (κ2) is 6.77. The summed E-state index contributed by atoms with van der Waals surface area (Å²) < 4.78 is 10.8. The molecule has 0 aliphatic heterocycles. The van der Waals surface area contributed by atoms with Crippen LogP contribution in [0.4, 0.5) is 5.69 Å². The van der Waals surface area contributed by atoms with E-state index in [2.05, 4.69) is 21.2 Å². The number of hydrogen-bond donors (Lipinski definition) is 1. The number of ether oxygens (including phenoxy) is 1. The Labute approximate surface area is 130 Å². The molecule has 0 spiro atoms. The van der Waals surface area contributed by atoms with Gasteiger partial charge in [-0.1, -0.05) is 6.07 Å². The normalized spacial score (nSPS) is 10.8.